The Bertz CT molecular complexity index is 273. The molecular formula is C13H24N2O3. The molecule has 0 aromatic heterocycles. The minimum atomic E-state index is -0.890. The number of carboxylic acids is 1. The van der Waals surface area contributed by atoms with Crippen LogP contribution in [0.3, 0.4) is 0 Å². The van der Waals surface area contributed by atoms with Gasteiger partial charge in [-0.25, -0.2) is 0 Å². The molecule has 0 spiro atoms. The molecule has 1 amide bonds. The lowest BCUT2D eigenvalue weighted by atomic mass is 9.95. The van der Waals surface area contributed by atoms with Crippen LogP contribution in [0.4, 0.5) is 0 Å². The van der Waals surface area contributed by atoms with Crippen LogP contribution in [0.2, 0.25) is 0 Å². The highest BCUT2D eigenvalue weighted by Gasteiger charge is 2.22. The van der Waals surface area contributed by atoms with Crippen molar-refractivity contribution in [1.82, 2.24) is 5.32 Å². The Morgan fingerprint density at radius 1 is 1.17 bits per heavy atom. The van der Waals surface area contributed by atoms with E-state index in [2.05, 4.69) is 5.32 Å². The third-order valence-corrected chi connectivity index (χ3v) is 3.52. The molecule has 0 radical (unpaired) electrons. The summed E-state index contributed by atoms with van der Waals surface area (Å²) < 4.78 is 0. The van der Waals surface area contributed by atoms with Crippen LogP contribution < -0.4 is 11.1 Å². The number of rotatable bonds is 6. The summed E-state index contributed by atoms with van der Waals surface area (Å²) in [6.07, 6.45) is 8.52. The van der Waals surface area contributed by atoms with E-state index >= 15 is 0 Å². The molecule has 1 fully saturated rings. The standard InChI is InChI=1S/C13H24N2O3/c14-12(16)9-8-11(13(17)18)15-10-6-4-2-1-3-5-7-10/h10-11,15H,1-9H2,(H2,14,16)(H,17,18)/t11-/m0/s1. The van der Waals surface area contributed by atoms with Crippen molar-refractivity contribution in [2.75, 3.05) is 0 Å². The molecule has 1 aliphatic rings. The molecule has 0 unspecified atom stereocenters. The predicted molar refractivity (Wildman–Crippen MR) is 69.1 cm³/mol. The summed E-state index contributed by atoms with van der Waals surface area (Å²) in [4.78, 5) is 21.8. The van der Waals surface area contributed by atoms with Gasteiger partial charge in [0.05, 0.1) is 0 Å². The molecule has 1 rings (SSSR count). The number of primary amides is 1. The molecule has 0 aliphatic heterocycles. The molecular weight excluding hydrogens is 232 g/mol. The maximum Gasteiger partial charge on any atom is 0.320 e. The first-order chi connectivity index (χ1) is 8.59. The lowest BCUT2D eigenvalue weighted by molar-refractivity contribution is -0.140. The van der Waals surface area contributed by atoms with Crippen LogP contribution in [0.5, 0.6) is 0 Å². The zero-order valence-corrected chi connectivity index (χ0v) is 10.9. The number of aliphatic carboxylic acids is 1. The molecule has 1 aliphatic carbocycles. The van der Waals surface area contributed by atoms with Crippen LogP contribution in [0.25, 0.3) is 0 Å². The Morgan fingerprint density at radius 3 is 2.22 bits per heavy atom. The number of carboxylic acid groups (broad SMARTS) is 1. The van der Waals surface area contributed by atoms with Gasteiger partial charge in [-0.05, 0) is 19.3 Å². The fourth-order valence-corrected chi connectivity index (χ4v) is 2.47. The SMILES string of the molecule is NC(=O)CC[C@H](NC1CCCCCCC1)C(=O)O. The van der Waals surface area contributed by atoms with Gasteiger partial charge in [0.2, 0.25) is 5.91 Å². The maximum atomic E-state index is 11.1. The third kappa shape index (κ3) is 6.00. The molecule has 0 aromatic rings. The van der Waals surface area contributed by atoms with E-state index in [1.165, 1.54) is 19.3 Å². The Labute approximate surface area is 108 Å². The van der Waals surface area contributed by atoms with Crippen LogP contribution in [-0.2, 0) is 9.59 Å². The van der Waals surface area contributed by atoms with E-state index < -0.39 is 17.9 Å². The van der Waals surface area contributed by atoms with Gasteiger partial charge in [-0.15, -0.1) is 0 Å². The van der Waals surface area contributed by atoms with Crippen molar-refractivity contribution < 1.29 is 14.7 Å². The van der Waals surface area contributed by atoms with Crippen molar-refractivity contribution in [2.24, 2.45) is 5.73 Å². The smallest absolute Gasteiger partial charge is 0.320 e. The van der Waals surface area contributed by atoms with Crippen molar-refractivity contribution in [2.45, 2.75) is 69.9 Å². The van der Waals surface area contributed by atoms with Crippen molar-refractivity contribution in [1.29, 1.82) is 0 Å². The monoisotopic (exact) mass is 256 g/mol. The molecule has 18 heavy (non-hydrogen) atoms. The van der Waals surface area contributed by atoms with Gasteiger partial charge in [0.25, 0.3) is 0 Å². The number of carbonyl (C=O) groups is 2. The van der Waals surface area contributed by atoms with E-state index in [1.54, 1.807) is 0 Å². The number of nitrogens with one attached hydrogen (secondary N) is 1. The van der Waals surface area contributed by atoms with Crippen LogP contribution in [0.1, 0.15) is 57.8 Å². The van der Waals surface area contributed by atoms with Crippen LogP contribution in [0.15, 0.2) is 0 Å². The van der Waals surface area contributed by atoms with E-state index in [4.69, 9.17) is 10.8 Å². The lowest BCUT2D eigenvalue weighted by Gasteiger charge is -2.24. The zero-order valence-electron chi connectivity index (χ0n) is 10.9. The first-order valence-corrected chi connectivity index (χ1v) is 6.86. The second kappa shape index (κ2) is 8.08. The highest BCUT2D eigenvalue weighted by Crippen LogP contribution is 2.18. The van der Waals surface area contributed by atoms with E-state index in [-0.39, 0.29) is 18.9 Å². The molecule has 4 N–H and O–H groups in total. The van der Waals surface area contributed by atoms with Gasteiger partial charge in [-0.1, -0.05) is 32.1 Å². The predicted octanol–water partition coefficient (Wildman–Crippen LogP) is 1.41. The number of amides is 1. The van der Waals surface area contributed by atoms with E-state index in [9.17, 15) is 9.59 Å². The largest absolute Gasteiger partial charge is 0.480 e. The van der Waals surface area contributed by atoms with Crippen molar-refractivity contribution in [3.63, 3.8) is 0 Å². The fraction of sp³-hybridized carbons (Fsp3) is 0.846. The Balaban J connectivity index is 2.42. The molecule has 1 saturated carbocycles. The van der Waals surface area contributed by atoms with E-state index in [0.29, 0.717) is 0 Å². The van der Waals surface area contributed by atoms with Crippen LogP contribution in [-0.4, -0.2) is 29.1 Å². The second-order valence-electron chi connectivity index (χ2n) is 5.10. The zero-order chi connectivity index (χ0) is 13.4. The van der Waals surface area contributed by atoms with Crippen LogP contribution in [0, 0.1) is 0 Å². The average Bonchev–Trinajstić information content (AvgIpc) is 2.25. The summed E-state index contributed by atoms with van der Waals surface area (Å²) in [6.45, 7) is 0. The molecule has 5 nitrogen and oxygen atoms in total. The van der Waals surface area contributed by atoms with Crippen LogP contribution >= 0.6 is 0 Å². The molecule has 0 heterocycles. The summed E-state index contributed by atoms with van der Waals surface area (Å²) in [6, 6.07) is -0.388. The minimum Gasteiger partial charge on any atom is -0.480 e. The van der Waals surface area contributed by atoms with E-state index in [0.717, 1.165) is 25.7 Å². The highest BCUT2D eigenvalue weighted by molar-refractivity contribution is 5.77. The summed E-state index contributed by atoms with van der Waals surface area (Å²) in [7, 11) is 0. The fourth-order valence-electron chi connectivity index (χ4n) is 2.47. The third-order valence-electron chi connectivity index (χ3n) is 3.52. The van der Waals surface area contributed by atoms with Gasteiger partial charge in [-0.3, -0.25) is 9.59 Å². The average molecular weight is 256 g/mol. The summed E-state index contributed by atoms with van der Waals surface area (Å²) in [5.74, 6) is -1.33. The number of hydrogen-bond acceptors (Lipinski definition) is 3. The lowest BCUT2D eigenvalue weighted by Crippen LogP contribution is -2.44. The number of nitrogens with two attached hydrogens (primary N) is 1. The molecule has 104 valence electrons. The highest BCUT2D eigenvalue weighted by atomic mass is 16.4. The number of carbonyl (C=O) groups excluding carboxylic acids is 1. The maximum absolute atomic E-state index is 11.1. The van der Waals surface area contributed by atoms with Crippen molar-refractivity contribution in [3.8, 4) is 0 Å². The Kier molecular flexibility index (Phi) is 6.72. The first kappa shape index (κ1) is 15.0. The van der Waals surface area contributed by atoms with Gasteiger partial charge in [0.1, 0.15) is 6.04 Å². The second-order valence-corrected chi connectivity index (χ2v) is 5.10. The van der Waals surface area contributed by atoms with Crippen molar-refractivity contribution >= 4 is 11.9 Å². The quantitative estimate of drug-likeness (QED) is 0.670. The molecule has 0 aromatic carbocycles. The van der Waals surface area contributed by atoms with Gasteiger partial charge in [0, 0.05) is 12.5 Å². The molecule has 0 bridgehead atoms. The van der Waals surface area contributed by atoms with Gasteiger partial charge < -0.3 is 16.2 Å². The Morgan fingerprint density at radius 2 is 1.72 bits per heavy atom. The summed E-state index contributed by atoms with van der Waals surface area (Å²) >= 11 is 0. The first-order valence-electron chi connectivity index (χ1n) is 6.86. The Hall–Kier alpha value is -1.10. The van der Waals surface area contributed by atoms with E-state index in [1.807, 2.05) is 0 Å². The summed E-state index contributed by atoms with van der Waals surface area (Å²) in [5.41, 5.74) is 5.06. The number of hydrogen-bond donors (Lipinski definition) is 3. The minimum absolute atomic E-state index is 0.122. The van der Waals surface area contributed by atoms with Gasteiger partial charge >= 0.3 is 5.97 Å². The van der Waals surface area contributed by atoms with Gasteiger partial charge in [-0.2, -0.15) is 0 Å². The topological polar surface area (TPSA) is 92.4 Å². The normalized spacial score (nSPS) is 19.8. The summed E-state index contributed by atoms with van der Waals surface area (Å²) in [5, 5.41) is 12.3. The molecule has 5 heteroatoms. The molecule has 1 atom stereocenters. The molecule has 0 saturated heterocycles. The van der Waals surface area contributed by atoms with Gasteiger partial charge in [0.15, 0.2) is 0 Å². The van der Waals surface area contributed by atoms with Crippen molar-refractivity contribution in [3.05, 3.63) is 0 Å².